The number of nitrogen functional groups attached to an aromatic ring is 2. The monoisotopic (exact) mass is 252 g/mol. The number of hydrogen-bond acceptors (Lipinski definition) is 3. The largest absolute Gasteiger partial charge is 0.413 e. The molecule has 0 radical (unpaired) electrons. The summed E-state index contributed by atoms with van der Waals surface area (Å²) in [5, 5.41) is 0. The van der Waals surface area contributed by atoms with E-state index in [0.717, 1.165) is 5.56 Å². The minimum Gasteiger partial charge on any atom is -0.413 e. The molecule has 0 amide bonds. The Kier molecular flexibility index (Phi) is 4.22. The molecule has 0 saturated carbocycles. The van der Waals surface area contributed by atoms with Gasteiger partial charge in [-0.3, -0.25) is 0 Å². The lowest BCUT2D eigenvalue weighted by atomic mass is 9.84. The van der Waals surface area contributed by atoms with Gasteiger partial charge in [-0.05, 0) is 24.6 Å². The highest BCUT2D eigenvalue weighted by atomic mass is 28.3. The van der Waals surface area contributed by atoms with E-state index < -0.39 is 9.04 Å². The van der Waals surface area contributed by atoms with Crippen LogP contribution < -0.4 is 11.5 Å². The molecule has 0 heterocycles. The van der Waals surface area contributed by atoms with Crippen LogP contribution in [0.2, 0.25) is 13.1 Å². The molecule has 96 valence electrons. The molecule has 0 aromatic heterocycles. The molecule has 17 heavy (non-hydrogen) atoms. The van der Waals surface area contributed by atoms with E-state index in [1.165, 1.54) is 0 Å². The van der Waals surface area contributed by atoms with E-state index in [-0.39, 0.29) is 11.5 Å². The van der Waals surface area contributed by atoms with E-state index in [4.69, 9.17) is 15.9 Å². The van der Waals surface area contributed by atoms with Gasteiger partial charge in [-0.25, -0.2) is 0 Å². The van der Waals surface area contributed by atoms with Crippen LogP contribution in [0.4, 0.5) is 11.4 Å². The average molecular weight is 252 g/mol. The quantitative estimate of drug-likeness (QED) is 0.642. The lowest BCUT2D eigenvalue weighted by Crippen LogP contribution is -2.26. The fraction of sp³-hybridized carbons (Fsp3) is 0.538. The second-order valence-corrected chi connectivity index (χ2v) is 8.15. The zero-order valence-electron chi connectivity index (χ0n) is 11.4. The van der Waals surface area contributed by atoms with Crippen LogP contribution in [0.15, 0.2) is 18.2 Å². The van der Waals surface area contributed by atoms with Gasteiger partial charge in [-0.1, -0.05) is 32.9 Å². The molecule has 0 aliphatic carbocycles. The molecule has 1 rings (SSSR count). The van der Waals surface area contributed by atoms with Crippen molar-refractivity contribution in [1.82, 2.24) is 0 Å². The third kappa shape index (κ3) is 3.48. The van der Waals surface area contributed by atoms with E-state index in [2.05, 4.69) is 33.9 Å². The number of para-hydroxylation sites is 1. The summed E-state index contributed by atoms with van der Waals surface area (Å²) in [6, 6.07) is 5.77. The van der Waals surface area contributed by atoms with Crippen molar-refractivity contribution in [3.63, 3.8) is 0 Å². The molecule has 0 aliphatic rings. The van der Waals surface area contributed by atoms with Crippen molar-refractivity contribution in [3.8, 4) is 0 Å². The van der Waals surface area contributed by atoms with Crippen LogP contribution in [0.5, 0.6) is 0 Å². The first kappa shape index (κ1) is 14.1. The highest BCUT2D eigenvalue weighted by molar-refractivity contribution is 6.48. The summed E-state index contributed by atoms with van der Waals surface area (Å²) in [5.41, 5.74) is 14.2. The first-order valence-corrected chi connectivity index (χ1v) is 8.81. The van der Waals surface area contributed by atoms with E-state index >= 15 is 0 Å². The van der Waals surface area contributed by atoms with Crippen LogP contribution in [0.3, 0.4) is 0 Å². The fourth-order valence-corrected chi connectivity index (χ4v) is 2.95. The molecule has 0 saturated heterocycles. The lowest BCUT2D eigenvalue weighted by Gasteiger charge is -2.34. The zero-order valence-corrected chi connectivity index (χ0v) is 12.6. The van der Waals surface area contributed by atoms with E-state index in [1.54, 1.807) is 0 Å². The summed E-state index contributed by atoms with van der Waals surface area (Å²) in [5.74, 6) is 0. The molecule has 1 aromatic rings. The van der Waals surface area contributed by atoms with Crippen molar-refractivity contribution >= 4 is 20.4 Å². The predicted octanol–water partition coefficient (Wildman–Crippen LogP) is 2.94. The van der Waals surface area contributed by atoms with Crippen LogP contribution in [0, 0.1) is 5.41 Å². The zero-order chi connectivity index (χ0) is 13.2. The van der Waals surface area contributed by atoms with E-state index in [1.807, 2.05) is 18.2 Å². The van der Waals surface area contributed by atoms with Crippen LogP contribution in [0.25, 0.3) is 0 Å². The van der Waals surface area contributed by atoms with Gasteiger partial charge in [0.1, 0.15) is 0 Å². The standard InChI is InChI=1S/C13H24N2OSi/c1-13(2,3)12(16-17(4)5)9-7-6-8-10(14)11(9)15/h6-8,12,17H,14-15H2,1-5H3. The first-order valence-electron chi connectivity index (χ1n) is 6.02. The molecular weight excluding hydrogens is 228 g/mol. The van der Waals surface area contributed by atoms with Crippen molar-refractivity contribution in [1.29, 1.82) is 0 Å². The molecular formula is C13H24N2OSi. The number of anilines is 2. The van der Waals surface area contributed by atoms with Crippen molar-refractivity contribution in [2.75, 3.05) is 11.5 Å². The molecule has 1 unspecified atom stereocenters. The number of rotatable bonds is 3. The van der Waals surface area contributed by atoms with Crippen molar-refractivity contribution < 1.29 is 4.43 Å². The molecule has 0 fully saturated rings. The fourth-order valence-electron chi connectivity index (χ4n) is 1.85. The van der Waals surface area contributed by atoms with Crippen LogP contribution in [-0.2, 0) is 4.43 Å². The Labute approximate surface area is 106 Å². The van der Waals surface area contributed by atoms with Crippen LogP contribution in [0.1, 0.15) is 32.4 Å². The Morgan fingerprint density at radius 2 is 1.76 bits per heavy atom. The van der Waals surface area contributed by atoms with Gasteiger partial charge in [0.2, 0.25) is 0 Å². The molecule has 0 aliphatic heterocycles. The summed E-state index contributed by atoms with van der Waals surface area (Å²) in [4.78, 5) is 0. The Balaban J connectivity index is 3.18. The molecule has 4 N–H and O–H groups in total. The molecule has 1 aromatic carbocycles. The van der Waals surface area contributed by atoms with Gasteiger partial charge in [0.25, 0.3) is 0 Å². The predicted molar refractivity (Wildman–Crippen MR) is 77.4 cm³/mol. The van der Waals surface area contributed by atoms with E-state index in [0.29, 0.717) is 11.4 Å². The molecule has 3 nitrogen and oxygen atoms in total. The second-order valence-electron chi connectivity index (χ2n) is 5.78. The van der Waals surface area contributed by atoms with Gasteiger partial charge < -0.3 is 15.9 Å². The summed E-state index contributed by atoms with van der Waals surface area (Å²) >= 11 is 0. The van der Waals surface area contributed by atoms with Crippen LogP contribution in [-0.4, -0.2) is 9.04 Å². The Morgan fingerprint density at radius 3 is 2.24 bits per heavy atom. The van der Waals surface area contributed by atoms with E-state index in [9.17, 15) is 0 Å². The van der Waals surface area contributed by atoms with Gasteiger partial charge in [-0.2, -0.15) is 0 Å². The summed E-state index contributed by atoms with van der Waals surface area (Å²) in [6.45, 7) is 10.8. The summed E-state index contributed by atoms with van der Waals surface area (Å²) < 4.78 is 6.14. The molecule has 0 spiro atoms. The normalized spacial score (nSPS) is 14.0. The van der Waals surface area contributed by atoms with Gasteiger partial charge >= 0.3 is 0 Å². The van der Waals surface area contributed by atoms with Gasteiger partial charge in [0.15, 0.2) is 9.04 Å². The summed E-state index contributed by atoms with van der Waals surface area (Å²) in [7, 11) is -1.13. The SMILES string of the molecule is C[SiH](C)OC(c1cccc(N)c1N)C(C)(C)C. The molecule has 0 bridgehead atoms. The number of nitrogens with two attached hydrogens (primary N) is 2. The Bertz CT molecular complexity index is 385. The lowest BCUT2D eigenvalue weighted by molar-refractivity contribution is 0.0873. The topological polar surface area (TPSA) is 61.3 Å². The smallest absolute Gasteiger partial charge is 0.171 e. The number of hydrogen-bond donors (Lipinski definition) is 2. The molecule has 1 atom stereocenters. The van der Waals surface area contributed by atoms with Gasteiger partial charge in [0, 0.05) is 5.56 Å². The minimum atomic E-state index is -1.13. The van der Waals surface area contributed by atoms with Gasteiger partial charge in [-0.15, -0.1) is 0 Å². The highest BCUT2D eigenvalue weighted by Crippen LogP contribution is 2.40. The first-order chi connectivity index (χ1) is 7.73. The second kappa shape index (κ2) is 5.10. The molecule has 4 heteroatoms. The Morgan fingerprint density at radius 1 is 1.18 bits per heavy atom. The summed E-state index contributed by atoms with van der Waals surface area (Å²) in [6.07, 6.45) is 0.0117. The third-order valence-corrected chi connectivity index (χ3v) is 3.47. The third-order valence-electron chi connectivity index (χ3n) is 2.65. The maximum Gasteiger partial charge on any atom is 0.171 e. The van der Waals surface area contributed by atoms with Gasteiger partial charge in [0.05, 0.1) is 17.5 Å². The van der Waals surface area contributed by atoms with Crippen molar-refractivity contribution in [2.45, 2.75) is 40.0 Å². The minimum absolute atomic E-state index is 0.0117. The maximum atomic E-state index is 6.14. The highest BCUT2D eigenvalue weighted by Gasteiger charge is 2.29. The van der Waals surface area contributed by atoms with Crippen molar-refractivity contribution in [2.24, 2.45) is 5.41 Å². The van der Waals surface area contributed by atoms with Crippen molar-refractivity contribution in [3.05, 3.63) is 23.8 Å². The van der Waals surface area contributed by atoms with Crippen LogP contribution >= 0.6 is 0 Å². The average Bonchev–Trinajstić information content (AvgIpc) is 2.17. The maximum absolute atomic E-state index is 6.14. The number of benzene rings is 1. The Hall–Kier alpha value is -1.00.